The highest BCUT2D eigenvalue weighted by Gasteiger charge is 2.36. The van der Waals surface area contributed by atoms with Gasteiger partial charge in [-0.25, -0.2) is 4.39 Å². The lowest BCUT2D eigenvalue weighted by Crippen LogP contribution is -2.38. The van der Waals surface area contributed by atoms with E-state index in [0.29, 0.717) is 0 Å². The van der Waals surface area contributed by atoms with Crippen LogP contribution in [-0.4, -0.2) is 17.3 Å². The maximum absolute atomic E-state index is 13.0. The molecule has 3 N–H and O–H groups in total. The van der Waals surface area contributed by atoms with Crippen LogP contribution in [0, 0.1) is 5.82 Å². The lowest BCUT2D eigenvalue weighted by atomic mass is 9.65. The van der Waals surface area contributed by atoms with E-state index in [1.54, 1.807) is 0 Å². The highest BCUT2D eigenvalue weighted by molar-refractivity contribution is 5.27. The second kappa shape index (κ2) is 5.37. The van der Waals surface area contributed by atoms with Crippen LogP contribution in [0.5, 0.6) is 0 Å². The van der Waals surface area contributed by atoms with Crippen molar-refractivity contribution in [2.24, 2.45) is 5.73 Å². The van der Waals surface area contributed by atoms with Crippen LogP contribution in [0.4, 0.5) is 4.39 Å². The van der Waals surface area contributed by atoms with Gasteiger partial charge in [0.25, 0.3) is 0 Å². The fraction of sp³-hybridized carbons (Fsp3) is 0.600. The van der Waals surface area contributed by atoms with Gasteiger partial charge in [0, 0.05) is 6.04 Å². The second-order valence-electron chi connectivity index (χ2n) is 5.70. The summed E-state index contributed by atoms with van der Waals surface area (Å²) >= 11 is 0. The molecule has 0 bridgehead atoms. The van der Waals surface area contributed by atoms with Crippen molar-refractivity contribution in [3.05, 3.63) is 35.6 Å². The molecule has 18 heavy (non-hydrogen) atoms. The van der Waals surface area contributed by atoms with Gasteiger partial charge in [0.15, 0.2) is 0 Å². The summed E-state index contributed by atoms with van der Waals surface area (Å²) in [6.45, 7) is 2.01. The monoisotopic (exact) mass is 251 g/mol. The number of benzene rings is 1. The number of aliphatic hydroxyl groups is 1. The first-order chi connectivity index (χ1) is 8.52. The van der Waals surface area contributed by atoms with E-state index in [9.17, 15) is 9.50 Å². The van der Waals surface area contributed by atoms with E-state index in [2.05, 4.69) is 0 Å². The molecule has 1 unspecified atom stereocenters. The first-order valence-electron chi connectivity index (χ1n) is 6.71. The summed E-state index contributed by atoms with van der Waals surface area (Å²) in [4.78, 5) is 0. The highest BCUT2D eigenvalue weighted by Crippen LogP contribution is 2.42. The fourth-order valence-corrected chi connectivity index (χ4v) is 3.19. The number of hydrogen-bond donors (Lipinski definition) is 2. The van der Waals surface area contributed by atoms with Crippen LogP contribution >= 0.6 is 0 Å². The molecule has 2 rings (SSSR count). The van der Waals surface area contributed by atoms with Gasteiger partial charge in [-0.05, 0) is 62.1 Å². The number of hydrogen-bond acceptors (Lipinski definition) is 2. The predicted octanol–water partition coefficient (Wildman–Crippen LogP) is 2.74. The Balaban J connectivity index is 2.27. The van der Waals surface area contributed by atoms with Gasteiger partial charge in [-0.15, -0.1) is 0 Å². The zero-order valence-corrected chi connectivity index (χ0v) is 10.9. The van der Waals surface area contributed by atoms with Crippen molar-refractivity contribution >= 4 is 0 Å². The Morgan fingerprint density at radius 3 is 2.39 bits per heavy atom. The maximum atomic E-state index is 13.0. The van der Waals surface area contributed by atoms with Crippen molar-refractivity contribution < 1.29 is 9.50 Å². The molecule has 100 valence electrons. The summed E-state index contributed by atoms with van der Waals surface area (Å²) in [5.41, 5.74) is 7.15. The molecule has 3 heteroatoms. The lowest BCUT2D eigenvalue weighted by Gasteiger charge is -2.40. The molecule has 1 atom stereocenters. The molecule has 0 radical (unpaired) electrons. The number of rotatable bonds is 3. The standard InChI is InChI=1S/C15H22FNO/c1-11(17)10-15(8-6-14(18)7-9-15)12-2-4-13(16)5-3-12/h2-5,11,14,18H,6-10,17H2,1H3. The summed E-state index contributed by atoms with van der Waals surface area (Å²) in [5.74, 6) is -0.203. The van der Waals surface area contributed by atoms with E-state index in [1.807, 2.05) is 19.1 Å². The molecule has 0 aromatic heterocycles. The molecule has 2 nitrogen and oxygen atoms in total. The van der Waals surface area contributed by atoms with Crippen molar-refractivity contribution in [1.29, 1.82) is 0 Å². The fourth-order valence-electron chi connectivity index (χ4n) is 3.19. The average Bonchev–Trinajstić information content (AvgIpc) is 2.33. The zero-order chi connectivity index (χ0) is 13.2. The van der Waals surface area contributed by atoms with E-state index < -0.39 is 0 Å². The van der Waals surface area contributed by atoms with Crippen LogP contribution in [0.1, 0.15) is 44.6 Å². The Morgan fingerprint density at radius 1 is 1.33 bits per heavy atom. The van der Waals surface area contributed by atoms with Crippen LogP contribution in [-0.2, 0) is 5.41 Å². The first kappa shape index (κ1) is 13.5. The molecule has 0 amide bonds. The molecule has 1 fully saturated rings. The molecule has 0 saturated heterocycles. The summed E-state index contributed by atoms with van der Waals surface area (Å²) in [5, 5.41) is 9.68. The van der Waals surface area contributed by atoms with Gasteiger partial charge in [0.2, 0.25) is 0 Å². The number of aliphatic hydroxyl groups excluding tert-OH is 1. The SMILES string of the molecule is CC(N)CC1(c2ccc(F)cc2)CCC(O)CC1. The predicted molar refractivity (Wildman–Crippen MR) is 70.8 cm³/mol. The molecular weight excluding hydrogens is 229 g/mol. The molecule has 0 heterocycles. The van der Waals surface area contributed by atoms with Crippen molar-refractivity contribution in [2.75, 3.05) is 0 Å². The van der Waals surface area contributed by atoms with Crippen LogP contribution < -0.4 is 5.73 Å². The van der Waals surface area contributed by atoms with Crippen molar-refractivity contribution in [3.63, 3.8) is 0 Å². The molecular formula is C15H22FNO. The van der Waals surface area contributed by atoms with E-state index in [4.69, 9.17) is 5.73 Å². The van der Waals surface area contributed by atoms with E-state index in [-0.39, 0.29) is 23.4 Å². The topological polar surface area (TPSA) is 46.2 Å². The lowest BCUT2D eigenvalue weighted by molar-refractivity contribution is 0.0899. The minimum Gasteiger partial charge on any atom is -0.393 e. The van der Waals surface area contributed by atoms with Gasteiger partial charge in [-0.2, -0.15) is 0 Å². The minimum absolute atomic E-state index is 0.0150. The molecule has 1 saturated carbocycles. The van der Waals surface area contributed by atoms with Gasteiger partial charge in [0.05, 0.1) is 6.10 Å². The summed E-state index contributed by atoms with van der Waals surface area (Å²) in [6, 6.07) is 6.89. The molecule has 0 spiro atoms. The minimum atomic E-state index is -0.203. The molecule has 1 aliphatic carbocycles. The van der Waals surface area contributed by atoms with Crippen LogP contribution in [0.25, 0.3) is 0 Å². The third kappa shape index (κ3) is 2.90. The maximum Gasteiger partial charge on any atom is 0.123 e. The smallest absolute Gasteiger partial charge is 0.123 e. The van der Waals surface area contributed by atoms with Gasteiger partial charge in [-0.3, -0.25) is 0 Å². The van der Waals surface area contributed by atoms with Crippen molar-refractivity contribution in [1.82, 2.24) is 0 Å². The molecule has 1 aliphatic rings. The van der Waals surface area contributed by atoms with Crippen LogP contribution in [0.15, 0.2) is 24.3 Å². The Hall–Kier alpha value is -0.930. The Bertz CT molecular complexity index is 380. The third-order valence-corrected chi connectivity index (χ3v) is 4.08. The second-order valence-corrected chi connectivity index (χ2v) is 5.70. The zero-order valence-electron chi connectivity index (χ0n) is 10.9. The van der Waals surface area contributed by atoms with Gasteiger partial charge in [0.1, 0.15) is 5.82 Å². The van der Waals surface area contributed by atoms with Gasteiger partial charge in [-0.1, -0.05) is 12.1 Å². The van der Waals surface area contributed by atoms with E-state index in [1.165, 1.54) is 12.1 Å². The van der Waals surface area contributed by atoms with Crippen LogP contribution in [0.3, 0.4) is 0 Å². The Kier molecular flexibility index (Phi) is 4.03. The highest BCUT2D eigenvalue weighted by atomic mass is 19.1. The largest absolute Gasteiger partial charge is 0.393 e. The number of halogens is 1. The summed E-state index contributed by atoms with van der Waals surface area (Å²) in [6.07, 6.45) is 4.19. The van der Waals surface area contributed by atoms with Gasteiger partial charge < -0.3 is 10.8 Å². The van der Waals surface area contributed by atoms with Crippen molar-refractivity contribution in [2.45, 2.75) is 56.6 Å². The summed E-state index contributed by atoms with van der Waals surface area (Å²) in [7, 11) is 0. The first-order valence-corrected chi connectivity index (χ1v) is 6.71. The quantitative estimate of drug-likeness (QED) is 0.867. The number of nitrogens with two attached hydrogens (primary N) is 1. The average molecular weight is 251 g/mol. The molecule has 1 aromatic carbocycles. The van der Waals surface area contributed by atoms with Gasteiger partial charge >= 0.3 is 0 Å². The Morgan fingerprint density at radius 2 is 1.89 bits per heavy atom. The molecule has 1 aromatic rings. The van der Waals surface area contributed by atoms with Crippen LogP contribution in [0.2, 0.25) is 0 Å². The molecule has 0 aliphatic heterocycles. The van der Waals surface area contributed by atoms with E-state index in [0.717, 1.165) is 37.7 Å². The van der Waals surface area contributed by atoms with Crippen molar-refractivity contribution in [3.8, 4) is 0 Å². The normalized spacial score (nSPS) is 30.1. The summed E-state index contributed by atoms with van der Waals surface area (Å²) < 4.78 is 13.0. The van der Waals surface area contributed by atoms with E-state index >= 15 is 0 Å². The Labute approximate surface area is 108 Å². The third-order valence-electron chi connectivity index (χ3n) is 4.08.